The number of aryl methyl sites for hydroxylation is 1. The summed E-state index contributed by atoms with van der Waals surface area (Å²) in [6, 6.07) is 8.67. The van der Waals surface area contributed by atoms with E-state index in [1.165, 1.54) is 6.07 Å². The molecule has 1 saturated heterocycles. The van der Waals surface area contributed by atoms with Gasteiger partial charge in [-0.05, 0) is 36.2 Å². The van der Waals surface area contributed by atoms with E-state index < -0.39 is 17.8 Å². The lowest BCUT2D eigenvalue weighted by Crippen LogP contribution is -2.31. The molecule has 8 heteroatoms. The van der Waals surface area contributed by atoms with Crippen LogP contribution in [0.5, 0.6) is 11.5 Å². The SMILES string of the molecule is CCCc1ccc(OCc2ccc(C(=O)ON3C(=O)CCC3=O)o2)c(OC)c1. The highest BCUT2D eigenvalue weighted by Gasteiger charge is 2.33. The van der Waals surface area contributed by atoms with Gasteiger partial charge in [0.1, 0.15) is 12.4 Å². The van der Waals surface area contributed by atoms with E-state index in [-0.39, 0.29) is 25.2 Å². The second-order valence-electron chi connectivity index (χ2n) is 6.25. The topological polar surface area (TPSA) is 95.3 Å². The van der Waals surface area contributed by atoms with Crippen LogP contribution in [-0.2, 0) is 27.5 Å². The third-order valence-electron chi connectivity index (χ3n) is 4.18. The molecule has 0 radical (unpaired) electrons. The first-order valence-electron chi connectivity index (χ1n) is 8.98. The van der Waals surface area contributed by atoms with Gasteiger partial charge >= 0.3 is 5.97 Å². The van der Waals surface area contributed by atoms with E-state index in [4.69, 9.17) is 18.7 Å². The van der Waals surface area contributed by atoms with Crippen molar-refractivity contribution in [2.24, 2.45) is 0 Å². The number of imide groups is 1. The number of furan rings is 1. The van der Waals surface area contributed by atoms with E-state index in [0.717, 1.165) is 18.4 Å². The number of carbonyl (C=O) groups excluding carboxylic acids is 3. The number of amides is 2. The fourth-order valence-corrected chi connectivity index (χ4v) is 2.78. The van der Waals surface area contributed by atoms with Gasteiger partial charge in [0, 0.05) is 12.8 Å². The van der Waals surface area contributed by atoms with Gasteiger partial charge in [-0.15, -0.1) is 5.06 Å². The Bertz CT molecular complexity index is 870. The molecule has 0 N–H and O–H groups in total. The number of hydrogen-bond donors (Lipinski definition) is 0. The molecule has 2 aromatic rings. The normalized spacial score (nSPS) is 13.7. The highest BCUT2D eigenvalue weighted by molar-refractivity contribution is 6.02. The largest absolute Gasteiger partial charge is 0.493 e. The van der Waals surface area contributed by atoms with Crippen molar-refractivity contribution in [3.05, 3.63) is 47.4 Å². The molecular weight excluding hydrogens is 366 g/mol. The second kappa shape index (κ2) is 8.60. The van der Waals surface area contributed by atoms with Gasteiger partial charge < -0.3 is 18.7 Å². The van der Waals surface area contributed by atoms with Gasteiger partial charge in [0.2, 0.25) is 5.76 Å². The summed E-state index contributed by atoms with van der Waals surface area (Å²) < 4.78 is 16.5. The minimum absolute atomic E-state index is 0.0300. The van der Waals surface area contributed by atoms with Gasteiger partial charge in [0.15, 0.2) is 11.5 Å². The van der Waals surface area contributed by atoms with Crippen LogP contribution in [0.15, 0.2) is 34.7 Å². The van der Waals surface area contributed by atoms with Crippen LogP contribution < -0.4 is 9.47 Å². The zero-order valence-electron chi connectivity index (χ0n) is 15.7. The van der Waals surface area contributed by atoms with E-state index >= 15 is 0 Å². The zero-order chi connectivity index (χ0) is 20.1. The highest BCUT2D eigenvalue weighted by Crippen LogP contribution is 2.29. The Morgan fingerprint density at radius 2 is 1.86 bits per heavy atom. The lowest BCUT2D eigenvalue weighted by atomic mass is 10.1. The maximum atomic E-state index is 12.1. The molecular formula is C20H21NO7. The third-order valence-corrected chi connectivity index (χ3v) is 4.18. The fourth-order valence-electron chi connectivity index (χ4n) is 2.78. The van der Waals surface area contributed by atoms with E-state index in [2.05, 4.69) is 6.92 Å². The van der Waals surface area contributed by atoms with Gasteiger partial charge in [-0.25, -0.2) is 4.79 Å². The minimum atomic E-state index is -0.920. The monoisotopic (exact) mass is 387 g/mol. The molecule has 3 rings (SSSR count). The summed E-state index contributed by atoms with van der Waals surface area (Å²) in [6.07, 6.45) is 2.04. The van der Waals surface area contributed by atoms with Gasteiger partial charge in [-0.2, -0.15) is 0 Å². The summed E-state index contributed by atoms with van der Waals surface area (Å²) in [5, 5.41) is 0.476. The summed E-state index contributed by atoms with van der Waals surface area (Å²) in [4.78, 5) is 39.9. The molecule has 1 aliphatic rings. The predicted molar refractivity (Wildman–Crippen MR) is 96.5 cm³/mol. The summed E-state index contributed by atoms with van der Waals surface area (Å²) in [5.41, 5.74) is 1.15. The van der Waals surface area contributed by atoms with Crippen molar-refractivity contribution in [3.8, 4) is 11.5 Å². The van der Waals surface area contributed by atoms with Gasteiger partial charge in [0.25, 0.3) is 11.8 Å². The molecule has 0 unspecified atom stereocenters. The fraction of sp³-hybridized carbons (Fsp3) is 0.350. The third kappa shape index (κ3) is 4.33. The maximum Gasteiger partial charge on any atom is 0.398 e. The van der Waals surface area contributed by atoms with Gasteiger partial charge in [0.05, 0.1) is 7.11 Å². The van der Waals surface area contributed by atoms with Gasteiger partial charge in [-0.1, -0.05) is 19.4 Å². The molecule has 0 atom stereocenters. The van der Waals surface area contributed by atoms with Crippen molar-refractivity contribution >= 4 is 17.8 Å². The Morgan fingerprint density at radius 1 is 1.11 bits per heavy atom. The molecule has 2 amide bonds. The first-order valence-corrected chi connectivity index (χ1v) is 8.98. The van der Waals surface area contributed by atoms with Crippen molar-refractivity contribution in [3.63, 3.8) is 0 Å². The predicted octanol–water partition coefficient (Wildman–Crippen LogP) is 3.04. The number of ether oxygens (including phenoxy) is 2. The van der Waals surface area contributed by atoms with Crippen LogP contribution in [0.3, 0.4) is 0 Å². The van der Waals surface area contributed by atoms with E-state index in [1.807, 2.05) is 18.2 Å². The number of hydroxylamine groups is 2. The van der Waals surface area contributed by atoms with E-state index in [1.54, 1.807) is 13.2 Å². The van der Waals surface area contributed by atoms with Crippen molar-refractivity contribution < 1.29 is 33.1 Å². The van der Waals surface area contributed by atoms with Gasteiger partial charge in [-0.3, -0.25) is 9.59 Å². The first-order chi connectivity index (χ1) is 13.5. The quantitative estimate of drug-likeness (QED) is 0.643. The Labute approximate surface area is 161 Å². The Morgan fingerprint density at radius 3 is 2.54 bits per heavy atom. The molecule has 8 nitrogen and oxygen atoms in total. The summed E-state index contributed by atoms with van der Waals surface area (Å²) in [7, 11) is 1.57. The van der Waals surface area contributed by atoms with Crippen molar-refractivity contribution in [1.29, 1.82) is 0 Å². The lowest BCUT2D eigenvalue weighted by molar-refractivity contribution is -0.173. The smallest absolute Gasteiger partial charge is 0.398 e. The Balaban J connectivity index is 1.61. The Kier molecular flexibility index (Phi) is 5.98. The van der Waals surface area contributed by atoms with Crippen LogP contribution in [0.2, 0.25) is 0 Å². The highest BCUT2D eigenvalue weighted by atomic mass is 16.7. The molecule has 1 aromatic carbocycles. The van der Waals surface area contributed by atoms with Crippen molar-refractivity contribution in [2.45, 2.75) is 39.2 Å². The molecule has 1 aromatic heterocycles. The zero-order valence-corrected chi connectivity index (χ0v) is 15.7. The lowest BCUT2D eigenvalue weighted by Gasteiger charge is -2.12. The van der Waals surface area contributed by atoms with Crippen LogP contribution in [0.1, 0.15) is 48.1 Å². The van der Waals surface area contributed by atoms with Crippen molar-refractivity contribution in [2.75, 3.05) is 7.11 Å². The van der Waals surface area contributed by atoms with E-state index in [0.29, 0.717) is 22.3 Å². The maximum absolute atomic E-state index is 12.1. The number of rotatable bonds is 8. The molecule has 1 fully saturated rings. The second-order valence-corrected chi connectivity index (χ2v) is 6.25. The number of benzene rings is 1. The molecule has 0 spiro atoms. The number of hydrogen-bond acceptors (Lipinski definition) is 7. The molecule has 28 heavy (non-hydrogen) atoms. The van der Waals surface area contributed by atoms with Crippen LogP contribution in [0, 0.1) is 0 Å². The first kappa shape index (κ1) is 19.5. The summed E-state index contributed by atoms with van der Waals surface area (Å²) in [6.45, 7) is 2.17. The van der Waals surface area contributed by atoms with Crippen LogP contribution in [0.4, 0.5) is 0 Å². The Hall–Kier alpha value is -3.29. The average Bonchev–Trinajstić information content (AvgIpc) is 3.29. The number of carbonyl (C=O) groups is 3. The molecule has 0 aliphatic carbocycles. The number of nitrogens with zero attached hydrogens (tertiary/aromatic N) is 1. The average molecular weight is 387 g/mol. The van der Waals surface area contributed by atoms with Crippen LogP contribution in [0.25, 0.3) is 0 Å². The molecule has 0 bridgehead atoms. The summed E-state index contributed by atoms with van der Waals surface area (Å²) >= 11 is 0. The summed E-state index contributed by atoms with van der Waals surface area (Å²) in [5.74, 6) is -0.600. The van der Waals surface area contributed by atoms with Crippen molar-refractivity contribution in [1.82, 2.24) is 5.06 Å². The van der Waals surface area contributed by atoms with Crippen LogP contribution >= 0.6 is 0 Å². The standard InChI is InChI=1S/C20H21NO7/c1-3-4-13-5-7-15(17(11-13)25-2)26-12-14-6-8-16(27-14)20(24)28-21-18(22)9-10-19(21)23/h5-8,11H,3-4,9-10,12H2,1-2H3. The van der Waals surface area contributed by atoms with E-state index in [9.17, 15) is 14.4 Å². The van der Waals surface area contributed by atoms with Crippen LogP contribution in [-0.4, -0.2) is 30.0 Å². The minimum Gasteiger partial charge on any atom is -0.493 e. The number of methoxy groups -OCH3 is 1. The molecule has 1 aliphatic heterocycles. The molecule has 0 saturated carbocycles. The molecule has 148 valence electrons. The molecule has 2 heterocycles.